The number of anilines is 2. The number of fused-ring (bicyclic) bond motifs is 3. The van der Waals surface area contributed by atoms with Gasteiger partial charge >= 0.3 is 0 Å². The van der Waals surface area contributed by atoms with Crippen LogP contribution in [0.3, 0.4) is 0 Å². The number of aromatic amines is 1. The van der Waals surface area contributed by atoms with Crippen molar-refractivity contribution in [2.75, 3.05) is 16.8 Å². The second kappa shape index (κ2) is 5.89. The van der Waals surface area contributed by atoms with Crippen LogP contribution in [0.15, 0.2) is 52.0 Å². The maximum absolute atomic E-state index is 12.1. The molecule has 4 aromatic rings. The van der Waals surface area contributed by atoms with Crippen molar-refractivity contribution in [3.05, 3.63) is 42.5 Å². The number of nitrogens with two attached hydrogens (primary N) is 1. The molecule has 0 aliphatic rings. The van der Waals surface area contributed by atoms with Crippen LogP contribution in [0.1, 0.15) is 0 Å². The molecule has 4 rings (SSSR count). The van der Waals surface area contributed by atoms with E-state index in [9.17, 15) is 4.79 Å². The van der Waals surface area contributed by atoms with E-state index >= 15 is 0 Å². The van der Waals surface area contributed by atoms with Gasteiger partial charge in [0, 0.05) is 16.5 Å². The van der Waals surface area contributed by atoms with Crippen molar-refractivity contribution < 1.29 is 9.21 Å². The van der Waals surface area contributed by atoms with Gasteiger partial charge in [-0.2, -0.15) is 4.98 Å². The fourth-order valence-corrected chi connectivity index (χ4v) is 3.06. The number of carbonyl (C=O) groups excluding carboxylic acids is 1. The van der Waals surface area contributed by atoms with Gasteiger partial charge in [-0.3, -0.25) is 4.79 Å². The molecule has 4 N–H and O–H groups in total. The number of nitrogens with one attached hydrogen (secondary N) is 2. The van der Waals surface area contributed by atoms with Crippen LogP contribution < -0.4 is 11.1 Å². The number of benzene rings is 2. The van der Waals surface area contributed by atoms with E-state index in [1.54, 1.807) is 0 Å². The molecule has 0 aliphatic heterocycles. The van der Waals surface area contributed by atoms with Crippen molar-refractivity contribution in [3.8, 4) is 0 Å². The standard InChI is InChI=1S/C16H13N5O2S/c17-15-19-16(21-20-15)24-8-14(22)18-9-5-6-13-11(7-9)10-3-1-2-4-12(10)23-13/h1-7H,8H2,(H,18,22)(H3,17,19,20,21). The van der Waals surface area contributed by atoms with E-state index < -0.39 is 0 Å². The Kier molecular flexibility index (Phi) is 3.58. The second-order valence-electron chi connectivity index (χ2n) is 5.15. The molecule has 0 unspecified atom stereocenters. The number of hydrogen-bond donors (Lipinski definition) is 3. The van der Waals surface area contributed by atoms with Crippen molar-refractivity contribution >= 4 is 51.2 Å². The minimum Gasteiger partial charge on any atom is -0.456 e. The van der Waals surface area contributed by atoms with E-state index in [0.717, 1.165) is 21.9 Å². The Morgan fingerprint density at radius 1 is 1.21 bits per heavy atom. The zero-order valence-electron chi connectivity index (χ0n) is 12.4. The van der Waals surface area contributed by atoms with Gasteiger partial charge < -0.3 is 15.5 Å². The monoisotopic (exact) mass is 339 g/mol. The van der Waals surface area contributed by atoms with Crippen LogP contribution in [-0.4, -0.2) is 26.8 Å². The lowest BCUT2D eigenvalue weighted by molar-refractivity contribution is -0.113. The molecule has 0 spiro atoms. The molecule has 0 saturated heterocycles. The third kappa shape index (κ3) is 2.79. The molecule has 0 bridgehead atoms. The number of furan rings is 1. The molecular formula is C16H13N5O2S. The van der Waals surface area contributed by atoms with Crippen molar-refractivity contribution in [2.24, 2.45) is 0 Å². The van der Waals surface area contributed by atoms with Crippen LogP contribution in [0.4, 0.5) is 11.6 Å². The van der Waals surface area contributed by atoms with Crippen molar-refractivity contribution in [3.63, 3.8) is 0 Å². The number of carbonyl (C=O) groups is 1. The normalized spacial score (nSPS) is 11.2. The predicted molar refractivity (Wildman–Crippen MR) is 93.9 cm³/mol. The quantitative estimate of drug-likeness (QED) is 0.493. The highest BCUT2D eigenvalue weighted by molar-refractivity contribution is 7.99. The zero-order valence-corrected chi connectivity index (χ0v) is 13.3. The van der Waals surface area contributed by atoms with Gasteiger partial charge in [0.15, 0.2) is 0 Å². The van der Waals surface area contributed by atoms with Gasteiger partial charge in [0.2, 0.25) is 17.0 Å². The summed E-state index contributed by atoms with van der Waals surface area (Å²) in [5.74, 6) is 0.285. The third-order valence-electron chi connectivity index (χ3n) is 3.48. The van der Waals surface area contributed by atoms with Gasteiger partial charge in [-0.05, 0) is 24.3 Å². The molecule has 0 atom stereocenters. The molecule has 24 heavy (non-hydrogen) atoms. The highest BCUT2D eigenvalue weighted by Gasteiger charge is 2.10. The molecule has 8 heteroatoms. The number of rotatable bonds is 4. The molecule has 2 heterocycles. The Balaban J connectivity index is 1.51. The van der Waals surface area contributed by atoms with Crippen LogP contribution in [0.25, 0.3) is 21.9 Å². The Hall–Kier alpha value is -3.00. The van der Waals surface area contributed by atoms with Crippen molar-refractivity contribution in [1.29, 1.82) is 0 Å². The summed E-state index contributed by atoms with van der Waals surface area (Å²) in [6.45, 7) is 0. The number of nitrogen functional groups attached to an aromatic ring is 1. The largest absolute Gasteiger partial charge is 0.456 e. The molecule has 2 aromatic heterocycles. The fraction of sp³-hybridized carbons (Fsp3) is 0.0625. The van der Waals surface area contributed by atoms with Gasteiger partial charge in [0.05, 0.1) is 5.75 Å². The molecule has 0 radical (unpaired) electrons. The van der Waals surface area contributed by atoms with E-state index in [1.807, 2.05) is 42.5 Å². The summed E-state index contributed by atoms with van der Waals surface area (Å²) in [7, 11) is 0. The van der Waals surface area contributed by atoms with Crippen molar-refractivity contribution in [1.82, 2.24) is 15.2 Å². The summed E-state index contributed by atoms with van der Waals surface area (Å²) < 4.78 is 5.77. The van der Waals surface area contributed by atoms with E-state index in [2.05, 4.69) is 20.5 Å². The summed E-state index contributed by atoms with van der Waals surface area (Å²) >= 11 is 1.21. The first-order valence-electron chi connectivity index (χ1n) is 7.21. The van der Waals surface area contributed by atoms with Crippen molar-refractivity contribution in [2.45, 2.75) is 5.16 Å². The van der Waals surface area contributed by atoms with Crippen LogP contribution in [0.5, 0.6) is 0 Å². The maximum Gasteiger partial charge on any atom is 0.234 e. The van der Waals surface area contributed by atoms with Crippen LogP contribution in [0, 0.1) is 0 Å². The predicted octanol–water partition coefficient (Wildman–Crippen LogP) is 3.02. The Morgan fingerprint density at radius 3 is 2.88 bits per heavy atom. The first kappa shape index (κ1) is 14.6. The van der Waals surface area contributed by atoms with Gasteiger partial charge in [0.25, 0.3) is 0 Å². The molecule has 0 aliphatic carbocycles. The molecule has 0 saturated carbocycles. The summed E-state index contributed by atoms with van der Waals surface area (Å²) in [4.78, 5) is 16.0. The van der Waals surface area contributed by atoms with E-state index in [1.165, 1.54) is 11.8 Å². The Bertz CT molecular complexity index is 1040. The maximum atomic E-state index is 12.1. The molecule has 0 fully saturated rings. The summed E-state index contributed by atoms with van der Waals surface area (Å²) in [6.07, 6.45) is 0. The number of hydrogen-bond acceptors (Lipinski definition) is 6. The summed E-state index contributed by atoms with van der Waals surface area (Å²) in [6, 6.07) is 13.4. The number of para-hydroxylation sites is 1. The Labute approximate surface area is 140 Å². The van der Waals surface area contributed by atoms with Crippen LogP contribution in [0.2, 0.25) is 0 Å². The fourth-order valence-electron chi connectivity index (χ4n) is 2.45. The number of nitrogens with zero attached hydrogens (tertiary/aromatic N) is 2. The van der Waals surface area contributed by atoms with Gasteiger partial charge in [-0.25, -0.2) is 5.10 Å². The average molecular weight is 339 g/mol. The first-order chi connectivity index (χ1) is 11.7. The summed E-state index contributed by atoms with van der Waals surface area (Å²) in [5.41, 5.74) is 7.78. The van der Waals surface area contributed by atoms with E-state index in [-0.39, 0.29) is 17.6 Å². The SMILES string of the molecule is Nc1nc(SCC(=O)Nc2ccc3oc4ccccc4c3c2)n[nH]1. The first-order valence-corrected chi connectivity index (χ1v) is 8.19. The number of amides is 1. The minimum atomic E-state index is -0.143. The van der Waals surface area contributed by atoms with Gasteiger partial charge in [-0.15, -0.1) is 5.10 Å². The average Bonchev–Trinajstić information content (AvgIpc) is 3.16. The molecule has 7 nitrogen and oxygen atoms in total. The topological polar surface area (TPSA) is 110 Å². The zero-order chi connectivity index (χ0) is 16.5. The lowest BCUT2D eigenvalue weighted by atomic mass is 10.1. The highest BCUT2D eigenvalue weighted by atomic mass is 32.2. The highest BCUT2D eigenvalue weighted by Crippen LogP contribution is 2.30. The van der Waals surface area contributed by atoms with Gasteiger partial charge in [0.1, 0.15) is 11.2 Å². The number of H-pyrrole nitrogens is 1. The van der Waals surface area contributed by atoms with E-state index in [4.69, 9.17) is 10.2 Å². The summed E-state index contributed by atoms with van der Waals surface area (Å²) in [5, 5.41) is 11.7. The molecule has 120 valence electrons. The number of thioether (sulfide) groups is 1. The van der Waals surface area contributed by atoms with E-state index in [0.29, 0.717) is 10.8 Å². The smallest absolute Gasteiger partial charge is 0.234 e. The lowest BCUT2D eigenvalue weighted by Gasteiger charge is -2.04. The third-order valence-corrected chi connectivity index (χ3v) is 4.32. The van der Waals surface area contributed by atoms with Crippen LogP contribution in [-0.2, 0) is 4.79 Å². The number of aromatic nitrogens is 3. The molecule has 2 aromatic carbocycles. The second-order valence-corrected chi connectivity index (χ2v) is 6.09. The van der Waals surface area contributed by atoms with Gasteiger partial charge in [-0.1, -0.05) is 30.0 Å². The minimum absolute atomic E-state index is 0.143. The molecular weight excluding hydrogens is 326 g/mol. The Morgan fingerprint density at radius 2 is 2.04 bits per heavy atom. The lowest BCUT2D eigenvalue weighted by Crippen LogP contribution is -2.14. The van der Waals surface area contributed by atoms with Crippen LogP contribution >= 0.6 is 11.8 Å². The molecule has 1 amide bonds.